The Bertz CT molecular complexity index is 466. The second-order valence-electron chi connectivity index (χ2n) is 3.82. The third-order valence-corrected chi connectivity index (χ3v) is 2.44. The van der Waals surface area contributed by atoms with Crippen molar-refractivity contribution in [3.05, 3.63) is 53.6 Å². The summed E-state index contributed by atoms with van der Waals surface area (Å²) in [5.74, 6) is 1.88. The summed E-state index contributed by atoms with van der Waals surface area (Å²) < 4.78 is 5.68. The van der Waals surface area contributed by atoms with Crippen molar-refractivity contribution < 1.29 is 9.84 Å². The molecule has 0 heterocycles. The van der Waals surface area contributed by atoms with Crippen LogP contribution in [0.15, 0.2) is 42.5 Å². The molecule has 2 aromatic carbocycles. The highest BCUT2D eigenvalue weighted by atomic mass is 16.5. The predicted molar refractivity (Wildman–Crippen MR) is 64.1 cm³/mol. The van der Waals surface area contributed by atoms with Gasteiger partial charge in [-0.2, -0.15) is 0 Å². The molecule has 0 aliphatic heterocycles. The van der Waals surface area contributed by atoms with Gasteiger partial charge in [0.15, 0.2) is 0 Å². The van der Waals surface area contributed by atoms with Crippen molar-refractivity contribution >= 4 is 0 Å². The largest absolute Gasteiger partial charge is 0.507 e. The quantitative estimate of drug-likeness (QED) is 0.823. The van der Waals surface area contributed by atoms with Gasteiger partial charge in [0.1, 0.15) is 17.2 Å². The van der Waals surface area contributed by atoms with Gasteiger partial charge < -0.3 is 9.84 Å². The number of hydrogen-bond acceptors (Lipinski definition) is 2. The molecular formula is C14H14O2. The summed E-state index contributed by atoms with van der Waals surface area (Å²) in [6.07, 6.45) is 0. The number of benzene rings is 2. The highest BCUT2D eigenvalue weighted by Crippen LogP contribution is 2.29. The first-order valence-corrected chi connectivity index (χ1v) is 5.20. The molecule has 0 aromatic heterocycles. The average Bonchev–Trinajstić information content (AvgIpc) is 2.27. The third-order valence-electron chi connectivity index (χ3n) is 2.44. The van der Waals surface area contributed by atoms with Crippen LogP contribution in [0.4, 0.5) is 0 Å². The van der Waals surface area contributed by atoms with Crippen molar-refractivity contribution in [3.63, 3.8) is 0 Å². The van der Waals surface area contributed by atoms with Crippen LogP contribution in [0.3, 0.4) is 0 Å². The van der Waals surface area contributed by atoms with Gasteiger partial charge in [-0.25, -0.2) is 0 Å². The molecule has 0 bridgehead atoms. The fourth-order valence-corrected chi connectivity index (χ4v) is 1.60. The maximum absolute atomic E-state index is 9.64. The van der Waals surface area contributed by atoms with Gasteiger partial charge in [0.25, 0.3) is 0 Å². The Kier molecular flexibility index (Phi) is 2.82. The topological polar surface area (TPSA) is 29.5 Å². The summed E-state index contributed by atoms with van der Waals surface area (Å²) >= 11 is 0. The van der Waals surface area contributed by atoms with Gasteiger partial charge in [-0.15, -0.1) is 0 Å². The summed E-state index contributed by atoms with van der Waals surface area (Å²) in [5.41, 5.74) is 1.65. The van der Waals surface area contributed by atoms with Gasteiger partial charge in [0.05, 0.1) is 0 Å². The minimum Gasteiger partial charge on any atom is -0.507 e. The predicted octanol–water partition coefficient (Wildman–Crippen LogP) is 3.80. The number of aryl methyl sites for hydroxylation is 2. The normalized spacial score (nSPS) is 10.1. The van der Waals surface area contributed by atoms with E-state index in [0.29, 0.717) is 5.75 Å². The van der Waals surface area contributed by atoms with Gasteiger partial charge in [0.2, 0.25) is 0 Å². The summed E-state index contributed by atoms with van der Waals surface area (Å²) in [5, 5.41) is 9.64. The lowest BCUT2D eigenvalue weighted by atomic mass is 10.1. The lowest BCUT2D eigenvalue weighted by Crippen LogP contribution is -1.87. The molecule has 16 heavy (non-hydrogen) atoms. The Labute approximate surface area is 95.1 Å². The first-order valence-electron chi connectivity index (χ1n) is 5.20. The number of rotatable bonds is 2. The molecule has 0 unspecified atom stereocenters. The second kappa shape index (κ2) is 4.27. The van der Waals surface area contributed by atoms with Gasteiger partial charge in [-0.05, 0) is 49.2 Å². The second-order valence-corrected chi connectivity index (χ2v) is 3.82. The SMILES string of the molecule is Cc1cc(Oc2ccccc2)cc(C)c1O. The van der Waals surface area contributed by atoms with Gasteiger partial charge in [-0.3, -0.25) is 0 Å². The fourth-order valence-electron chi connectivity index (χ4n) is 1.60. The number of para-hydroxylation sites is 1. The summed E-state index contributed by atoms with van der Waals surface area (Å²) in [6, 6.07) is 13.3. The Balaban J connectivity index is 2.29. The minimum absolute atomic E-state index is 0.334. The fraction of sp³-hybridized carbons (Fsp3) is 0.143. The van der Waals surface area contributed by atoms with E-state index >= 15 is 0 Å². The van der Waals surface area contributed by atoms with Gasteiger partial charge >= 0.3 is 0 Å². The smallest absolute Gasteiger partial charge is 0.128 e. The van der Waals surface area contributed by atoms with E-state index in [0.717, 1.165) is 22.6 Å². The molecule has 82 valence electrons. The molecule has 0 saturated heterocycles. The van der Waals surface area contributed by atoms with Crippen LogP contribution in [0.25, 0.3) is 0 Å². The van der Waals surface area contributed by atoms with E-state index < -0.39 is 0 Å². The minimum atomic E-state index is 0.334. The van der Waals surface area contributed by atoms with E-state index in [1.54, 1.807) is 0 Å². The lowest BCUT2D eigenvalue weighted by Gasteiger charge is -2.09. The lowest BCUT2D eigenvalue weighted by molar-refractivity contribution is 0.456. The van der Waals surface area contributed by atoms with Crippen LogP contribution >= 0.6 is 0 Å². The number of phenolic OH excluding ortho intramolecular Hbond substituents is 1. The molecular weight excluding hydrogens is 200 g/mol. The average molecular weight is 214 g/mol. The van der Waals surface area contributed by atoms with E-state index in [4.69, 9.17) is 4.74 Å². The zero-order valence-corrected chi connectivity index (χ0v) is 9.40. The van der Waals surface area contributed by atoms with Crippen LogP contribution in [0.1, 0.15) is 11.1 Å². The third kappa shape index (κ3) is 2.16. The van der Waals surface area contributed by atoms with Crippen molar-refractivity contribution in [2.24, 2.45) is 0 Å². The standard InChI is InChI=1S/C14H14O2/c1-10-8-13(9-11(2)14(10)15)16-12-6-4-3-5-7-12/h3-9,15H,1-2H3. The van der Waals surface area contributed by atoms with Crippen molar-refractivity contribution in [1.82, 2.24) is 0 Å². The van der Waals surface area contributed by atoms with Crippen molar-refractivity contribution in [1.29, 1.82) is 0 Å². The Hall–Kier alpha value is -1.96. The molecule has 0 aliphatic rings. The molecule has 0 saturated carbocycles. The Morgan fingerprint density at radius 3 is 2.00 bits per heavy atom. The van der Waals surface area contributed by atoms with Crippen LogP contribution in [0.5, 0.6) is 17.2 Å². The van der Waals surface area contributed by atoms with Crippen LogP contribution in [-0.2, 0) is 0 Å². The first-order chi connectivity index (χ1) is 7.66. The summed E-state index contributed by atoms with van der Waals surface area (Å²) in [6.45, 7) is 3.72. The number of ether oxygens (including phenoxy) is 1. The summed E-state index contributed by atoms with van der Waals surface area (Å²) in [4.78, 5) is 0. The molecule has 0 aliphatic carbocycles. The highest BCUT2D eigenvalue weighted by molar-refractivity contribution is 5.46. The molecule has 2 rings (SSSR count). The number of hydrogen-bond donors (Lipinski definition) is 1. The van der Waals surface area contributed by atoms with E-state index in [9.17, 15) is 5.11 Å². The molecule has 2 aromatic rings. The Morgan fingerprint density at radius 2 is 1.44 bits per heavy atom. The van der Waals surface area contributed by atoms with Crippen molar-refractivity contribution in [2.45, 2.75) is 13.8 Å². The molecule has 2 nitrogen and oxygen atoms in total. The van der Waals surface area contributed by atoms with Crippen LogP contribution < -0.4 is 4.74 Å². The van der Waals surface area contributed by atoms with Crippen molar-refractivity contribution in [3.8, 4) is 17.2 Å². The van der Waals surface area contributed by atoms with Crippen LogP contribution in [0.2, 0.25) is 0 Å². The molecule has 0 atom stereocenters. The molecule has 0 amide bonds. The number of phenols is 1. The first kappa shape index (κ1) is 10.6. The van der Waals surface area contributed by atoms with E-state index in [1.165, 1.54) is 0 Å². The van der Waals surface area contributed by atoms with Gasteiger partial charge in [-0.1, -0.05) is 18.2 Å². The van der Waals surface area contributed by atoms with Crippen LogP contribution in [-0.4, -0.2) is 5.11 Å². The van der Waals surface area contributed by atoms with Crippen molar-refractivity contribution in [2.75, 3.05) is 0 Å². The molecule has 0 spiro atoms. The maximum Gasteiger partial charge on any atom is 0.128 e. The zero-order chi connectivity index (χ0) is 11.5. The van der Waals surface area contributed by atoms with E-state index in [2.05, 4.69) is 0 Å². The highest BCUT2D eigenvalue weighted by Gasteiger charge is 2.04. The van der Waals surface area contributed by atoms with Crippen LogP contribution in [0, 0.1) is 13.8 Å². The molecule has 2 heteroatoms. The Morgan fingerprint density at radius 1 is 0.875 bits per heavy atom. The summed E-state index contributed by atoms with van der Waals surface area (Å²) in [7, 11) is 0. The van der Waals surface area contributed by atoms with E-state index in [1.807, 2.05) is 56.3 Å². The molecule has 0 radical (unpaired) electrons. The monoisotopic (exact) mass is 214 g/mol. The molecule has 1 N–H and O–H groups in total. The zero-order valence-electron chi connectivity index (χ0n) is 9.40. The molecule has 0 fully saturated rings. The van der Waals surface area contributed by atoms with E-state index in [-0.39, 0.29) is 0 Å². The number of aromatic hydroxyl groups is 1. The maximum atomic E-state index is 9.64. The van der Waals surface area contributed by atoms with Gasteiger partial charge in [0, 0.05) is 0 Å².